The third-order valence-corrected chi connectivity index (χ3v) is 5.99. The molecule has 1 aromatic heterocycles. The van der Waals surface area contributed by atoms with Crippen molar-refractivity contribution in [1.29, 1.82) is 5.26 Å². The van der Waals surface area contributed by atoms with Crippen molar-refractivity contribution in [1.82, 2.24) is 9.88 Å². The monoisotopic (exact) mass is 351 g/mol. The number of ether oxygens (including phenoxy) is 1. The molecule has 1 amide bonds. The number of nitrogens with one attached hydrogen (secondary N) is 1. The molecule has 4 rings (SSSR count). The molecule has 3 heterocycles. The van der Waals surface area contributed by atoms with Crippen molar-refractivity contribution in [2.75, 3.05) is 13.2 Å². The number of benzene rings is 1. The SMILES string of the molecule is Cc1cccc2c(CC(=O)N3CCCC4(CCCCO4)C3C#N)c[nH]c12. The van der Waals surface area contributed by atoms with Crippen molar-refractivity contribution in [3.63, 3.8) is 0 Å². The molecule has 2 atom stereocenters. The van der Waals surface area contributed by atoms with Crippen LogP contribution in [0.25, 0.3) is 10.9 Å². The van der Waals surface area contributed by atoms with Gasteiger partial charge in [-0.2, -0.15) is 5.26 Å². The minimum Gasteiger partial charge on any atom is -0.372 e. The molecule has 0 saturated carbocycles. The fourth-order valence-corrected chi connectivity index (χ4v) is 4.62. The number of aryl methyl sites for hydroxylation is 1. The normalized spacial score (nSPS) is 26.2. The lowest BCUT2D eigenvalue weighted by Crippen LogP contribution is -2.60. The average Bonchev–Trinajstić information content (AvgIpc) is 3.06. The quantitative estimate of drug-likeness (QED) is 0.901. The number of amides is 1. The van der Waals surface area contributed by atoms with Crippen LogP contribution in [0.15, 0.2) is 24.4 Å². The zero-order valence-corrected chi connectivity index (χ0v) is 15.3. The van der Waals surface area contributed by atoms with E-state index < -0.39 is 11.6 Å². The summed E-state index contributed by atoms with van der Waals surface area (Å²) in [6, 6.07) is 8.04. The second-order valence-electron chi connectivity index (χ2n) is 7.58. The highest BCUT2D eigenvalue weighted by atomic mass is 16.5. The Morgan fingerprint density at radius 1 is 1.38 bits per heavy atom. The number of rotatable bonds is 2. The van der Waals surface area contributed by atoms with Crippen LogP contribution in [0.5, 0.6) is 0 Å². The number of hydrogen-bond acceptors (Lipinski definition) is 3. The summed E-state index contributed by atoms with van der Waals surface area (Å²) < 4.78 is 6.09. The summed E-state index contributed by atoms with van der Waals surface area (Å²) in [4.78, 5) is 18.1. The molecule has 2 aliphatic rings. The van der Waals surface area contributed by atoms with Gasteiger partial charge in [0.2, 0.25) is 5.91 Å². The van der Waals surface area contributed by atoms with Gasteiger partial charge >= 0.3 is 0 Å². The largest absolute Gasteiger partial charge is 0.372 e. The molecule has 1 N–H and O–H groups in total. The second-order valence-corrected chi connectivity index (χ2v) is 7.58. The Bertz CT molecular complexity index is 852. The van der Waals surface area contributed by atoms with Gasteiger partial charge in [-0.15, -0.1) is 0 Å². The van der Waals surface area contributed by atoms with Crippen LogP contribution >= 0.6 is 0 Å². The Balaban J connectivity index is 1.58. The minimum absolute atomic E-state index is 0.0206. The number of carbonyl (C=O) groups is 1. The van der Waals surface area contributed by atoms with Crippen molar-refractivity contribution in [3.05, 3.63) is 35.5 Å². The molecule has 2 unspecified atom stereocenters. The first-order chi connectivity index (χ1) is 12.6. The van der Waals surface area contributed by atoms with Gasteiger partial charge in [0.1, 0.15) is 11.6 Å². The lowest BCUT2D eigenvalue weighted by atomic mass is 9.79. The number of nitrogens with zero attached hydrogens (tertiary/aromatic N) is 2. The van der Waals surface area contributed by atoms with E-state index in [2.05, 4.69) is 24.0 Å². The number of nitriles is 1. The molecule has 0 bridgehead atoms. The fraction of sp³-hybridized carbons (Fsp3) is 0.524. The first kappa shape index (κ1) is 17.1. The fourth-order valence-electron chi connectivity index (χ4n) is 4.62. The van der Waals surface area contributed by atoms with Gasteiger partial charge in [0.05, 0.1) is 12.5 Å². The van der Waals surface area contributed by atoms with E-state index in [1.54, 1.807) is 4.90 Å². The summed E-state index contributed by atoms with van der Waals surface area (Å²) in [5, 5.41) is 10.9. The molecule has 26 heavy (non-hydrogen) atoms. The first-order valence-electron chi connectivity index (χ1n) is 9.53. The minimum atomic E-state index is -0.476. The Kier molecular flexibility index (Phi) is 4.46. The number of aromatic amines is 1. The molecule has 2 aromatic rings. The molecule has 5 nitrogen and oxygen atoms in total. The van der Waals surface area contributed by atoms with Gasteiger partial charge in [0.25, 0.3) is 0 Å². The third-order valence-electron chi connectivity index (χ3n) is 5.99. The van der Waals surface area contributed by atoms with Gasteiger partial charge in [0, 0.05) is 30.3 Å². The maximum Gasteiger partial charge on any atom is 0.228 e. The number of para-hydroxylation sites is 1. The highest BCUT2D eigenvalue weighted by molar-refractivity contribution is 5.90. The summed E-state index contributed by atoms with van der Waals surface area (Å²) in [6.07, 6.45) is 7.01. The summed E-state index contributed by atoms with van der Waals surface area (Å²) in [5.74, 6) is 0.0206. The van der Waals surface area contributed by atoms with Crippen molar-refractivity contribution in [2.45, 2.75) is 57.1 Å². The molecule has 0 aliphatic carbocycles. The molecule has 1 aromatic carbocycles. The van der Waals surface area contributed by atoms with Gasteiger partial charge < -0.3 is 14.6 Å². The number of likely N-dealkylation sites (tertiary alicyclic amines) is 1. The Hall–Kier alpha value is -2.32. The van der Waals surface area contributed by atoms with E-state index in [0.717, 1.165) is 48.6 Å². The summed E-state index contributed by atoms with van der Waals surface area (Å²) in [7, 11) is 0. The van der Waals surface area contributed by atoms with Crippen molar-refractivity contribution >= 4 is 16.8 Å². The smallest absolute Gasteiger partial charge is 0.228 e. The molecule has 2 saturated heterocycles. The van der Waals surface area contributed by atoms with Crippen LogP contribution in [0.4, 0.5) is 0 Å². The predicted molar refractivity (Wildman–Crippen MR) is 99.6 cm³/mol. The van der Waals surface area contributed by atoms with E-state index in [4.69, 9.17) is 4.74 Å². The van der Waals surface area contributed by atoms with Crippen LogP contribution in [0.2, 0.25) is 0 Å². The van der Waals surface area contributed by atoms with Gasteiger partial charge in [-0.3, -0.25) is 4.79 Å². The van der Waals surface area contributed by atoms with E-state index in [1.165, 1.54) is 5.56 Å². The zero-order valence-electron chi connectivity index (χ0n) is 15.3. The molecule has 5 heteroatoms. The molecule has 2 aliphatic heterocycles. The van der Waals surface area contributed by atoms with E-state index in [9.17, 15) is 10.1 Å². The number of piperidine rings is 1. The predicted octanol–water partition coefficient (Wildman–Crippen LogP) is 3.47. The lowest BCUT2D eigenvalue weighted by Gasteiger charge is -2.48. The third kappa shape index (κ3) is 2.79. The highest BCUT2D eigenvalue weighted by Crippen LogP contribution is 2.38. The summed E-state index contributed by atoms with van der Waals surface area (Å²) in [6.45, 7) is 3.40. The average molecular weight is 351 g/mol. The van der Waals surface area contributed by atoms with Crippen LogP contribution in [0.1, 0.15) is 43.2 Å². The standard InChI is InChI=1S/C21H25N3O2/c1-15-6-4-7-17-16(14-23-20(15)17)12-19(25)24-10-5-9-21(18(24)13-22)8-2-3-11-26-21/h4,6-7,14,18,23H,2-3,5,8-12H2,1H3. The zero-order chi connectivity index (χ0) is 18.1. The molecular formula is C21H25N3O2. The maximum absolute atomic E-state index is 13.1. The molecule has 136 valence electrons. The summed E-state index contributed by atoms with van der Waals surface area (Å²) >= 11 is 0. The van der Waals surface area contributed by atoms with Gasteiger partial charge in [-0.25, -0.2) is 0 Å². The van der Waals surface area contributed by atoms with Crippen molar-refractivity contribution in [2.24, 2.45) is 0 Å². The van der Waals surface area contributed by atoms with Crippen LogP contribution < -0.4 is 0 Å². The number of aromatic nitrogens is 1. The van der Waals surface area contributed by atoms with E-state index >= 15 is 0 Å². The molecule has 1 spiro atoms. The number of hydrogen-bond donors (Lipinski definition) is 1. The number of H-pyrrole nitrogens is 1. The van der Waals surface area contributed by atoms with Crippen LogP contribution in [0, 0.1) is 18.3 Å². The molecule has 2 fully saturated rings. The van der Waals surface area contributed by atoms with Crippen LogP contribution in [-0.4, -0.2) is 40.6 Å². The van der Waals surface area contributed by atoms with Crippen LogP contribution in [0.3, 0.4) is 0 Å². The van der Waals surface area contributed by atoms with E-state index in [0.29, 0.717) is 19.6 Å². The summed E-state index contributed by atoms with van der Waals surface area (Å²) in [5.41, 5.74) is 2.79. The van der Waals surface area contributed by atoms with Crippen LogP contribution in [-0.2, 0) is 16.0 Å². The Morgan fingerprint density at radius 2 is 2.23 bits per heavy atom. The van der Waals surface area contributed by atoms with Crippen molar-refractivity contribution in [3.8, 4) is 6.07 Å². The maximum atomic E-state index is 13.1. The molecule has 0 radical (unpaired) electrons. The topological polar surface area (TPSA) is 69.1 Å². The Morgan fingerprint density at radius 3 is 3.00 bits per heavy atom. The van der Waals surface area contributed by atoms with Gasteiger partial charge in [-0.1, -0.05) is 18.2 Å². The number of fused-ring (bicyclic) bond motifs is 1. The van der Waals surface area contributed by atoms with Gasteiger partial charge in [-0.05, 0) is 50.2 Å². The lowest BCUT2D eigenvalue weighted by molar-refractivity contribution is -0.158. The first-order valence-corrected chi connectivity index (χ1v) is 9.53. The number of carbonyl (C=O) groups excluding carboxylic acids is 1. The molecular weight excluding hydrogens is 326 g/mol. The second kappa shape index (κ2) is 6.77. The highest BCUT2D eigenvalue weighted by Gasteiger charge is 2.48. The van der Waals surface area contributed by atoms with Gasteiger partial charge in [0.15, 0.2) is 0 Å². The van der Waals surface area contributed by atoms with Crippen molar-refractivity contribution < 1.29 is 9.53 Å². The Labute approximate surface area is 153 Å². The van der Waals surface area contributed by atoms with E-state index in [1.807, 2.05) is 18.3 Å². The van der Waals surface area contributed by atoms with E-state index in [-0.39, 0.29) is 5.91 Å².